The molecule has 0 aromatic heterocycles. The van der Waals surface area contributed by atoms with Gasteiger partial charge in [0, 0.05) is 24.7 Å². The van der Waals surface area contributed by atoms with Crippen LogP contribution in [0.15, 0.2) is 24.3 Å². The molecule has 94 valence electrons. The van der Waals surface area contributed by atoms with E-state index in [4.69, 9.17) is 11.6 Å². The third kappa shape index (κ3) is 3.16. The first-order chi connectivity index (χ1) is 8.35. The molecule has 1 atom stereocenters. The summed E-state index contributed by atoms with van der Waals surface area (Å²) >= 11 is 6.02. The second-order valence-electron chi connectivity index (χ2n) is 4.95. The summed E-state index contributed by atoms with van der Waals surface area (Å²) in [6.07, 6.45) is 5.35. The van der Waals surface area contributed by atoms with Crippen LogP contribution >= 0.6 is 11.6 Å². The molecule has 1 aliphatic rings. The number of hydrogen-bond acceptors (Lipinski definition) is 1. The number of hydrogen-bond donors (Lipinski definition) is 0. The van der Waals surface area contributed by atoms with Crippen LogP contribution in [0.2, 0.25) is 0 Å². The fourth-order valence-electron chi connectivity index (χ4n) is 2.75. The molecule has 0 bridgehead atoms. The van der Waals surface area contributed by atoms with E-state index in [0.29, 0.717) is 5.88 Å². The molecule has 1 nitrogen and oxygen atoms in total. The number of nitrogens with zero attached hydrogens (tertiary/aromatic N) is 1. The zero-order chi connectivity index (χ0) is 12.1. The predicted octanol–water partition coefficient (Wildman–Crippen LogP) is 4.44. The van der Waals surface area contributed by atoms with Gasteiger partial charge in [0.2, 0.25) is 0 Å². The van der Waals surface area contributed by atoms with Gasteiger partial charge in [0.25, 0.3) is 0 Å². The van der Waals surface area contributed by atoms with Crippen LogP contribution in [0.1, 0.15) is 38.2 Å². The van der Waals surface area contributed by atoms with Gasteiger partial charge in [0.1, 0.15) is 0 Å². The fourth-order valence-corrected chi connectivity index (χ4v) is 2.97. The van der Waals surface area contributed by atoms with Gasteiger partial charge in [-0.3, -0.25) is 0 Å². The quantitative estimate of drug-likeness (QED) is 0.718. The Kier molecular flexibility index (Phi) is 4.73. The van der Waals surface area contributed by atoms with E-state index in [2.05, 4.69) is 36.1 Å². The lowest BCUT2D eigenvalue weighted by Gasteiger charge is -2.25. The second-order valence-corrected chi connectivity index (χ2v) is 5.22. The maximum Gasteiger partial charge on any atom is 0.0494 e. The lowest BCUT2D eigenvalue weighted by molar-refractivity contribution is 0.459. The molecule has 2 heteroatoms. The first-order valence-electron chi connectivity index (χ1n) is 6.74. The summed E-state index contributed by atoms with van der Waals surface area (Å²) in [6, 6.07) is 8.55. The summed E-state index contributed by atoms with van der Waals surface area (Å²) in [6.45, 7) is 4.68. The average Bonchev–Trinajstić information content (AvgIpc) is 2.63. The van der Waals surface area contributed by atoms with Crippen molar-refractivity contribution in [1.29, 1.82) is 0 Å². The highest BCUT2D eigenvalue weighted by atomic mass is 35.5. The largest absolute Gasteiger partial charge is 0.371 e. The monoisotopic (exact) mass is 251 g/mol. The maximum atomic E-state index is 6.02. The van der Waals surface area contributed by atoms with E-state index < -0.39 is 0 Å². The van der Waals surface area contributed by atoms with E-state index in [1.54, 1.807) is 0 Å². The highest BCUT2D eigenvalue weighted by molar-refractivity contribution is 6.17. The van der Waals surface area contributed by atoms with E-state index in [-0.39, 0.29) is 0 Å². The van der Waals surface area contributed by atoms with Gasteiger partial charge in [-0.15, -0.1) is 11.6 Å². The van der Waals surface area contributed by atoms with E-state index in [0.717, 1.165) is 5.92 Å². The van der Waals surface area contributed by atoms with Gasteiger partial charge in [-0.05, 0) is 36.8 Å². The Bertz CT molecular complexity index is 351. The van der Waals surface area contributed by atoms with E-state index >= 15 is 0 Å². The van der Waals surface area contributed by atoms with Crippen molar-refractivity contribution in [2.45, 2.75) is 38.5 Å². The normalized spacial score (nSPS) is 21.3. The molecule has 0 radical (unpaired) electrons. The Balaban J connectivity index is 2.11. The molecule has 17 heavy (non-hydrogen) atoms. The number of anilines is 1. The fraction of sp³-hybridized carbons (Fsp3) is 0.600. The van der Waals surface area contributed by atoms with Crippen molar-refractivity contribution in [3.63, 3.8) is 0 Å². The van der Waals surface area contributed by atoms with Crippen molar-refractivity contribution in [2.24, 2.45) is 5.92 Å². The second kappa shape index (κ2) is 6.30. The van der Waals surface area contributed by atoms with Gasteiger partial charge in [0.05, 0.1) is 0 Å². The summed E-state index contributed by atoms with van der Waals surface area (Å²) in [4.78, 5) is 2.52. The van der Waals surface area contributed by atoms with E-state index in [9.17, 15) is 0 Å². The molecule has 0 N–H and O–H groups in total. The van der Waals surface area contributed by atoms with Crippen LogP contribution in [0.4, 0.5) is 5.69 Å². The molecule has 1 aliphatic heterocycles. The minimum atomic E-state index is 0.615. The SMILES string of the molecule is CCC1CCCN(c2ccccc2CCl)CC1. The molecular formula is C15H22ClN. The third-order valence-corrected chi connectivity index (χ3v) is 4.19. The van der Waals surface area contributed by atoms with Crippen molar-refractivity contribution in [3.8, 4) is 0 Å². The van der Waals surface area contributed by atoms with Crippen LogP contribution < -0.4 is 4.90 Å². The summed E-state index contributed by atoms with van der Waals surface area (Å²) in [5, 5.41) is 0. The molecule has 1 fully saturated rings. The summed E-state index contributed by atoms with van der Waals surface area (Å²) in [5.41, 5.74) is 2.61. The van der Waals surface area contributed by atoms with Crippen molar-refractivity contribution in [1.82, 2.24) is 0 Å². The summed E-state index contributed by atoms with van der Waals surface area (Å²) in [5.74, 6) is 1.53. The van der Waals surface area contributed by atoms with Crippen molar-refractivity contribution in [2.75, 3.05) is 18.0 Å². The van der Waals surface area contributed by atoms with Gasteiger partial charge < -0.3 is 4.90 Å². The van der Waals surface area contributed by atoms with Gasteiger partial charge >= 0.3 is 0 Å². The predicted molar refractivity (Wildman–Crippen MR) is 75.8 cm³/mol. The zero-order valence-corrected chi connectivity index (χ0v) is 11.4. The van der Waals surface area contributed by atoms with Gasteiger partial charge in [-0.25, -0.2) is 0 Å². The molecule has 1 unspecified atom stereocenters. The van der Waals surface area contributed by atoms with Crippen molar-refractivity contribution in [3.05, 3.63) is 29.8 Å². The molecule has 0 saturated carbocycles. The number of alkyl halides is 1. The molecular weight excluding hydrogens is 230 g/mol. The smallest absolute Gasteiger partial charge is 0.0494 e. The van der Waals surface area contributed by atoms with Crippen LogP contribution in [0.5, 0.6) is 0 Å². The van der Waals surface area contributed by atoms with E-state index in [1.807, 2.05) is 0 Å². The Hall–Kier alpha value is -0.690. The summed E-state index contributed by atoms with van der Waals surface area (Å²) in [7, 11) is 0. The van der Waals surface area contributed by atoms with Crippen LogP contribution in [0.3, 0.4) is 0 Å². The standard InChI is InChI=1S/C15H22ClN/c1-2-13-6-5-10-17(11-9-13)15-8-4-3-7-14(15)12-16/h3-4,7-8,13H,2,5-6,9-12H2,1H3. The van der Waals surface area contributed by atoms with Crippen LogP contribution in [0.25, 0.3) is 0 Å². The first kappa shape index (κ1) is 12.8. The van der Waals surface area contributed by atoms with Gasteiger partial charge in [-0.2, -0.15) is 0 Å². The molecule has 0 amide bonds. The highest BCUT2D eigenvalue weighted by Crippen LogP contribution is 2.27. The van der Waals surface area contributed by atoms with Crippen LogP contribution in [-0.2, 0) is 5.88 Å². The molecule has 0 spiro atoms. The molecule has 1 heterocycles. The molecule has 1 saturated heterocycles. The number of para-hydroxylation sites is 1. The number of rotatable bonds is 3. The zero-order valence-electron chi connectivity index (χ0n) is 10.7. The number of benzene rings is 1. The lowest BCUT2D eigenvalue weighted by Crippen LogP contribution is -2.25. The lowest BCUT2D eigenvalue weighted by atomic mass is 9.98. The maximum absolute atomic E-state index is 6.02. The Morgan fingerprint density at radius 3 is 2.82 bits per heavy atom. The molecule has 1 aromatic rings. The molecule has 1 aromatic carbocycles. The van der Waals surface area contributed by atoms with Gasteiger partial charge in [-0.1, -0.05) is 31.5 Å². The Morgan fingerprint density at radius 2 is 2.06 bits per heavy atom. The Labute approximate surface area is 110 Å². The molecule has 2 rings (SSSR count). The first-order valence-corrected chi connectivity index (χ1v) is 7.27. The van der Waals surface area contributed by atoms with Crippen LogP contribution in [-0.4, -0.2) is 13.1 Å². The van der Waals surface area contributed by atoms with Crippen molar-refractivity contribution >= 4 is 17.3 Å². The minimum Gasteiger partial charge on any atom is -0.371 e. The summed E-state index contributed by atoms with van der Waals surface area (Å²) < 4.78 is 0. The van der Waals surface area contributed by atoms with Gasteiger partial charge in [0.15, 0.2) is 0 Å². The number of halogens is 1. The van der Waals surface area contributed by atoms with Crippen LogP contribution in [0, 0.1) is 5.92 Å². The van der Waals surface area contributed by atoms with Crippen molar-refractivity contribution < 1.29 is 0 Å². The highest BCUT2D eigenvalue weighted by Gasteiger charge is 2.17. The average molecular weight is 252 g/mol. The third-order valence-electron chi connectivity index (χ3n) is 3.90. The molecule has 0 aliphatic carbocycles. The minimum absolute atomic E-state index is 0.615. The Morgan fingerprint density at radius 1 is 1.24 bits per heavy atom. The topological polar surface area (TPSA) is 3.24 Å². The van der Waals surface area contributed by atoms with E-state index in [1.165, 1.54) is 50.0 Å².